The first-order valence-electron chi connectivity index (χ1n) is 8.37. The van der Waals surface area contributed by atoms with Gasteiger partial charge in [0.25, 0.3) is 0 Å². The average Bonchev–Trinajstić information content (AvgIpc) is 3.00. The third-order valence-electron chi connectivity index (χ3n) is 5.14. The lowest BCUT2D eigenvalue weighted by atomic mass is 9.87. The summed E-state index contributed by atoms with van der Waals surface area (Å²) in [6.07, 6.45) is 5.62. The summed E-state index contributed by atoms with van der Waals surface area (Å²) in [7, 11) is 0. The zero-order valence-corrected chi connectivity index (χ0v) is 15.1. The van der Waals surface area contributed by atoms with Gasteiger partial charge < -0.3 is 10.1 Å². The van der Waals surface area contributed by atoms with Gasteiger partial charge in [0.2, 0.25) is 0 Å². The second-order valence-electron chi connectivity index (χ2n) is 6.58. The number of nitrogens with one attached hydrogen (secondary N) is 1. The van der Waals surface area contributed by atoms with Crippen molar-refractivity contribution in [3.63, 3.8) is 0 Å². The minimum Gasteiger partial charge on any atom is -0.505 e. The van der Waals surface area contributed by atoms with Gasteiger partial charge in [-0.3, -0.25) is 4.99 Å². The highest BCUT2D eigenvalue weighted by molar-refractivity contribution is 6.37. The molecule has 1 unspecified atom stereocenters. The van der Waals surface area contributed by atoms with E-state index in [1.165, 1.54) is 11.1 Å². The quantitative estimate of drug-likeness (QED) is 0.667. The van der Waals surface area contributed by atoms with Gasteiger partial charge in [-0.15, -0.1) is 5.10 Å². The van der Waals surface area contributed by atoms with E-state index in [1.54, 1.807) is 18.3 Å². The number of halogens is 2. The molecular formula is C19H14Cl2N4O. The highest BCUT2D eigenvalue weighted by atomic mass is 35.5. The maximum absolute atomic E-state index is 9.85. The fourth-order valence-electron chi connectivity index (χ4n) is 3.87. The van der Waals surface area contributed by atoms with Crippen LogP contribution in [0.15, 0.2) is 35.6 Å². The molecule has 0 saturated carbocycles. The number of hydrogen-bond donors (Lipinski definition) is 2. The lowest BCUT2D eigenvalue weighted by molar-refractivity contribution is 0.475. The van der Waals surface area contributed by atoms with Crippen LogP contribution in [-0.2, 0) is 12.8 Å². The van der Waals surface area contributed by atoms with Gasteiger partial charge >= 0.3 is 0 Å². The third kappa shape index (κ3) is 2.27. The van der Waals surface area contributed by atoms with Crippen LogP contribution in [0, 0.1) is 0 Å². The predicted octanol–water partition coefficient (Wildman–Crippen LogP) is 3.90. The molecule has 0 amide bonds. The van der Waals surface area contributed by atoms with Crippen molar-refractivity contribution in [3.05, 3.63) is 74.3 Å². The van der Waals surface area contributed by atoms with Crippen LogP contribution in [0.3, 0.4) is 0 Å². The van der Waals surface area contributed by atoms with E-state index in [1.807, 2.05) is 6.07 Å². The van der Waals surface area contributed by atoms with E-state index < -0.39 is 0 Å². The molecule has 5 nitrogen and oxygen atoms in total. The Morgan fingerprint density at radius 2 is 1.88 bits per heavy atom. The molecule has 0 radical (unpaired) electrons. The molecule has 7 heteroatoms. The topological polar surface area (TPSA) is 74.2 Å². The molecule has 2 aromatic heterocycles. The summed E-state index contributed by atoms with van der Waals surface area (Å²) >= 11 is 12.3. The van der Waals surface area contributed by atoms with E-state index in [2.05, 4.69) is 21.4 Å². The van der Waals surface area contributed by atoms with Crippen LogP contribution in [0.2, 0.25) is 10.0 Å². The van der Waals surface area contributed by atoms with Crippen LogP contribution in [-0.4, -0.2) is 32.5 Å². The fraction of sp³-hybridized carbons (Fsp3) is 0.211. The van der Waals surface area contributed by atoms with E-state index in [-0.39, 0.29) is 21.7 Å². The monoisotopic (exact) mass is 384 g/mol. The Balaban J connectivity index is 1.68. The Morgan fingerprint density at radius 1 is 1.12 bits per heavy atom. The van der Waals surface area contributed by atoms with Gasteiger partial charge in [0.1, 0.15) is 5.69 Å². The van der Waals surface area contributed by atoms with Crippen molar-refractivity contribution in [2.45, 2.75) is 18.8 Å². The number of phenolic OH excluding ortho intramolecular Hbond substituents is 1. The van der Waals surface area contributed by atoms with Crippen molar-refractivity contribution in [1.82, 2.24) is 15.2 Å². The predicted molar refractivity (Wildman–Crippen MR) is 101 cm³/mol. The smallest absolute Gasteiger partial charge is 0.152 e. The number of phenols is 1. The maximum Gasteiger partial charge on any atom is 0.152 e. The van der Waals surface area contributed by atoms with Gasteiger partial charge in [0.15, 0.2) is 5.75 Å². The SMILES string of the molecule is Oc1c(Cl)cc(C2CN=C3c4nnccc4CCc4c[nH]c2c43)cc1Cl. The Morgan fingerprint density at radius 3 is 2.69 bits per heavy atom. The number of H-pyrrole nitrogens is 1. The second kappa shape index (κ2) is 5.83. The number of aromatic nitrogens is 3. The first-order valence-corrected chi connectivity index (χ1v) is 9.13. The first kappa shape index (κ1) is 15.9. The molecule has 3 heterocycles. The third-order valence-corrected chi connectivity index (χ3v) is 5.72. The molecule has 0 fully saturated rings. The lowest BCUT2D eigenvalue weighted by Gasteiger charge is -2.23. The number of aliphatic imine (C=N–C) groups is 1. The lowest BCUT2D eigenvalue weighted by Crippen LogP contribution is -2.21. The van der Waals surface area contributed by atoms with Crippen LogP contribution in [0.4, 0.5) is 0 Å². The van der Waals surface area contributed by atoms with Gasteiger partial charge in [-0.2, -0.15) is 5.10 Å². The molecule has 1 atom stereocenters. The van der Waals surface area contributed by atoms with Gasteiger partial charge in [0.05, 0.1) is 22.3 Å². The zero-order chi connectivity index (χ0) is 17.8. The van der Waals surface area contributed by atoms with E-state index in [0.29, 0.717) is 6.54 Å². The van der Waals surface area contributed by atoms with Gasteiger partial charge in [0, 0.05) is 29.6 Å². The summed E-state index contributed by atoms with van der Waals surface area (Å²) in [5.74, 6) is -0.0945. The molecule has 130 valence electrons. The number of aromatic hydroxyl groups is 1. The number of aromatic amines is 1. The van der Waals surface area contributed by atoms with Crippen molar-refractivity contribution in [2.75, 3.05) is 6.54 Å². The van der Waals surface area contributed by atoms with Crippen molar-refractivity contribution in [3.8, 4) is 5.75 Å². The Labute approximate surface area is 159 Å². The van der Waals surface area contributed by atoms with E-state index in [9.17, 15) is 5.11 Å². The molecule has 1 aliphatic heterocycles. The molecule has 26 heavy (non-hydrogen) atoms. The average molecular weight is 385 g/mol. The summed E-state index contributed by atoms with van der Waals surface area (Å²) in [5, 5.41) is 18.8. The van der Waals surface area contributed by atoms with Crippen molar-refractivity contribution < 1.29 is 5.11 Å². The second-order valence-corrected chi connectivity index (χ2v) is 7.40. The van der Waals surface area contributed by atoms with Gasteiger partial charge in [-0.05, 0) is 47.7 Å². The minimum atomic E-state index is -0.0911. The number of rotatable bonds is 1. The molecule has 2 aliphatic rings. The molecule has 1 aromatic carbocycles. The molecule has 3 aromatic rings. The number of hydrogen-bond acceptors (Lipinski definition) is 4. The summed E-state index contributed by atoms with van der Waals surface area (Å²) < 4.78 is 0. The van der Waals surface area contributed by atoms with Crippen molar-refractivity contribution >= 4 is 28.9 Å². The maximum atomic E-state index is 9.85. The molecule has 0 spiro atoms. The Kier molecular flexibility index (Phi) is 3.55. The summed E-state index contributed by atoms with van der Waals surface area (Å²) in [4.78, 5) is 8.29. The molecule has 1 aliphatic carbocycles. The number of fused-ring (bicyclic) bond motifs is 2. The highest BCUT2D eigenvalue weighted by Gasteiger charge is 2.32. The zero-order valence-electron chi connectivity index (χ0n) is 13.6. The summed E-state index contributed by atoms with van der Waals surface area (Å²) in [6, 6.07) is 5.53. The fourth-order valence-corrected chi connectivity index (χ4v) is 4.37. The Hall–Kier alpha value is -2.37. The van der Waals surface area contributed by atoms with Gasteiger partial charge in [-0.25, -0.2) is 0 Å². The minimum absolute atomic E-state index is 0.00341. The molecule has 5 rings (SSSR count). The van der Waals surface area contributed by atoms with Crippen LogP contribution >= 0.6 is 23.2 Å². The van der Waals surface area contributed by atoms with Crippen LogP contribution < -0.4 is 0 Å². The normalized spacial score (nSPS) is 17.9. The van der Waals surface area contributed by atoms with Crippen molar-refractivity contribution in [2.24, 2.45) is 4.99 Å². The van der Waals surface area contributed by atoms with E-state index in [4.69, 9.17) is 28.2 Å². The van der Waals surface area contributed by atoms with Crippen LogP contribution in [0.25, 0.3) is 0 Å². The number of nitrogens with zero attached hydrogens (tertiary/aromatic N) is 3. The number of benzene rings is 1. The summed E-state index contributed by atoms with van der Waals surface area (Å²) in [6.45, 7) is 0.551. The molecule has 0 bridgehead atoms. The first-order chi connectivity index (χ1) is 12.6. The van der Waals surface area contributed by atoms with Gasteiger partial charge in [-0.1, -0.05) is 23.2 Å². The molecule has 2 N–H and O–H groups in total. The Bertz CT molecular complexity index is 1050. The van der Waals surface area contributed by atoms with Crippen LogP contribution in [0.1, 0.15) is 39.6 Å². The molecule has 0 saturated heterocycles. The number of aryl methyl sites for hydroxylation is 2. The van der Waals surface area contributed by atoms with E-state index >= 15 is 0 Å². The standard InChI is InChI=1S/C19H14Cl2N4O/c20-13-5-11(6-14(21)19(13)26)12-8-23-18-15-10(7-22-17(12)15)2-1-9-3-4-24-25-16(9)18/h3-7,12,22,26H,1-2,8H2. The largest absolute Gasteiger partial charge is 0.505 e. The van der Waals surface area contributed by atoms with Crippen molar-refractivity contribution in [1.29, 1.82) is 0 Å². The van der Waals surface area contributed by atoms with Crippen LogP contribution in [0.5, 0.6) is 5.75 Å². The van der Waals surface area contributed by atoms with E-state index in [0.717, 1.165) is 41.1 Å². The highest BCUT2D eigenvalue weighted by Crippen LogP contribution is 2.40. The summed E-state index contributed by atoms with van der Waals surface area (Å²) in [5.41, 5.74) is 7.31. The molecular weight excluding hydrogens is 371 g/mol.